The molecule has 0 fully saturated rings. The summed E-state index contributed by atoms with van der Waals surface area (Å²) in [5, 5.41) is 2.59. The van der Waals surface area contributed by atoms with E-state index in [1.165, 1.54) is 0 Å². The molecule has 0 bridgehead atoms. The minimum absolute atomic E-state index is 0.00544. The van der Waals surface area contributed by atoms with Crippen LogP contribution in [0, 0.1) is 0 Å². The molecule has 3 rings (SSSR count). The van der Waals surface area contributed by atoms with Gasteiger partial charge in [0, 0.05) is 11.5 Å². The summed E-state index contributed by atoms with van der Waals surface area (Å²) in [6, 6.07) is 20.8. The molecule has 3 aromatic rings. The van der Waals surface area contributed by atoms with E-state index in [2.05, 4.69) is 5.32 Å². The van der Waals surface area contributed by atoms with Crippen molar-refractivity contribution >= 4 is 11.8 Å². The monoisotopic (exact) mass is 412 g/mol. The molecule has 3 N–H and O–H groups in total. The van der Waals surface area contributed by atoms with Gasteiger partial charge in [-0.25, -0.2) is 0 Å². The number of hydrogen-bond donors (Lipinski definition) is 2. The van der Waals surface area contributed by atoms with Crippen molar-refractivity contribution in [3.63, 3.8) is 0 Å². The van der Waals surface area contributed by atoms with Crippen molar-refractivity contribution in [3.8, 4) is 0 Å². The molecule has 0 saturated carbocycles. The van der Waals surface area contributed by atoms with E-state index >= 15 is 0 Å². The Balaban J connectivity index is 1.93. The van der Waals surface area contributed by atoms with Gasteiger partial charge in [-0.05, 0) is 35.4 Å². The Morgan fingerprint density at radius 1 is 0.767 bits per heavy atom. The topological polar surface area (TPSA) is 72.2 Å². The zero-order valence-corrected chi connectivity index (χ0v) is 15.8. The van der Waals surface area contributed by atoms with E-state index in [9.17, 15) is 22.8 Å². The van der Waals surface area contributed by atoms with Crippen LogP contribution in [0.5, 0.6) is 0 Å². The van der Waals surface area contributed by atoms with Gasteiger partial charge < -0.3 is 11.1 Å². The summed E-state index contributed by atoms with van der Waals surface area (Å²) in [7, 11) is 0. The van der Waals surface area contributed by atoms with Crippen LogP contribution in [0.2, 0.25) is 0 Å². The van der Waals surface area contributed by atoms with Gasteiger partial charge in [-0.1, -0.05) is 60.7 Å². The largest absolute Gasteiger partial charge is 0.416 e. The Morgan fingerprint density at radius 2 is 1.23 bits per heavy atom. The number of halogens is 3. The van der Waals surface area contributed by atoms with Gasteiger partial charge in [-0.3, -0.25) is 9.59 Å². The van der Waals surface area contributed by atoms with E-state index in [-0.39, 0.29) is 5.56 Å². The number of nitrogens with one attached hydrogen (secondary N) is 1. The quantitative estimate of drug-likeness (QED) is 0.639. The van der Waals surface area contributed by atoms with E-state index in [0.29, 0.717) is 0 Å². The molecule has 0 aromatic heterocycles. The van der Waals surface area contributed by atoms with Crippen LogP contribution in [0.1, 0.15) is 33.0 Å². The van der Waals surface area contributed by atoms with E-state index < -0.39 is 35.5 Å². The third-order valence-electron chi connectivity index (χ3n) is 4.72. The van der Waals surface area contributed by atoms with Gasteiger partial charge in [0.05, 0.1) is 5.56 Å². The predicted octanol–water partition coefficient (Wildman–Crippen LogP) is 4.12. The third-order valence-corrected chi connectivity index (χ3v) is 4.72. The first-order chi connectivity index (χ1) is 14.3. The van der Waals surface area contributed by atoms with Crippen LogP contribution in [0.4, 0.5) is 13.2 Å². The van der Waals surface area contributed by atoms with Crippen molar-refractivity contribution in [1.82, 2.24) is 5.32 Å². The summed E-state index contributed by atoms with van der Waals surface area (Å²) >= 11 is 0. The third kappa shape index (κ3) is 4.86. The first kappa shape index (κ1) is 21.1. The number of carbonyl (C=O) groups excluding carboxylic acids is 2. The lowest BCUT2D eigenvalue weighted by molar-refractivity contribution is -0.137. The molecule has 0 radical (unpaired) electrons. The van der Waals surface area contributed by atoms with Crippen LogP contribution >= 0.6 is 0 Å². The van der Waals surface area contributed by atoms with Crippen LogP contribution in [0.25, 0.3) is 0 Å². The Bertz CT molecular complexity index is 965. The Kier molecular flexibility index (Phi) is 6.20. The summed E-state index contributed by atoms with van der Waals surface area (Å²) in [5.41, 5.74) is 6.28. The Hall–Kier alpha value is -3.61. The van der Waals surface area contributed by atoms with Gasteiger partial charge in [0.2, 0.25) is 5.91 Å². The number of rotatable bonds is 6. The first-order valence-electron chi connectivity index (χ1n) is 9.14. The van der Waals surface area contributed by atoms with Gasteiger partial charge in [-0.2, -0.15) is 13.2 Å². The lowest BCUT2D eigenvalue weighted by Gasteiger charge is -2.27. The SMILES string of the molecule is NC(=O)[C@H](NC(=O)c1ccc(C(F)(F)F)cc1)C(c1ccccc1)c1ccccc1. The maximum Gasteiger partial charge on any atom is 0.416 e. The first-order valence-corrected chi connectivity index (χ1v) is 9.14. The van der Waals surface area contributed by atoms with Gasteiger partial charge in [-0.15, -0.1) is 0 Å². The minimum Gasteiger partial charge on any atom is -0.368 e. The zero-order valence-electron chi connectivity index (χ0n) is 15.8. The second kappa shape index (κ2) is 8.82. The van der Waals surface area contributed by atoms with E-state index in [4.69, 9.17) is 5.73 Å². The van der Waals surface area contributed by atoms with E-state index in [1.54, 1.807) is 24.3 Å². The number of alkyl halides is 3. The second-order valence-corrected chi connectivity index (χ2v) is 6.73. The molecule has 0 unspecified atom stereocenters. The van der Waals surface area contributed by atoms with E-state index in [1.807, 2.05) is 36.4 Å². The molecular weight excluding hydrogens is 393 g/mol. The molecule has 30 heavy (non-hydrogen) atoms. The fourth-order valence-electron chi connectivity index (χ4n) is 3.25. The molecule has 7 heteroatoms. The van der Waals surface area contributed by atoms with Gasteiger partial charge >= 0.3 is 6.18 Å². The molecule has 1 atom stereocenters. The Labute approximate surface area is 171 Å². The molecule has 4 nitrogen and oxygen atoms in total. The molecule has 154 valence electrons. The fraction of sp³-hybridized carbons (Fsp3) is 0.130. The normalized spacial score (nSPS) is 12.4. The Morgan fingerprint density at radius 3 is 1.63 bits per heavy atom. The molecule has 0 saturated heterocycles. The van der Waals surface area contributed by atoms with Crippen molar-refractivity contribution in [3.05, 3.63) is 107 Å². The summed E-state index contributed by atoms with van der Waals surface area (Å²) in [4.78, 5) is 25.0. The van der Waals surface area contributed by atoms with E-state index in [0.717, 1.165) is 35.4 Å². The summed E-state index contributed by atoms with van der Waals surface area (Å²) in [6.45, 7) is 0. The van der Waals surface area contributed by atoms with Crippen molar-refractivity contribution in [1.29, 1.82) is 0 Å². The van der Waals surface area contributed by atoms with Crippen LogP contribution in [0.15, 0.2) is 84.9 Å². The maximum atomic E-state index is 12.8. The lowest BCUT2D eigenvalue weighted by Crippen LogP contribution is -2.48. The summed E-state index contributed by atoms with van der Waals surface area (Å²) < 4.78 is 38.3. The number of amides is 2. The van der Waals surface area contributed by atoms with Gasteiger partial charge in [0.15, 0.2) is 0 Å². The standard InChI is InChI=1S/C23H19F3N2O2/c24-23(25,26)18-13-11-17(12-14-18)22(30)28-20(21(27)29)19(15-7-3-1-4-8-15)16-9-5-2-6-10-16/h1-14,19-20H,(H2,27,29)(H,28,30)/t20-/m1/s1. The van der Waals surface area contributed by atoms with Crippen molar-refractivity contribution in [2.75, 3.05) is 0 Å². The molecule has 3 aromatic carbocycles. The summed E-state index contributed by atoms with van der Waals surface area (Å²) in [5.74, 6) is -2.01. The van der Waals surface area contributed by atoms with Crippen molar-refractivity contribution < 1.29 is 22.8 Å². The fourth-order valence-corrected chi connectivity index (χ4v) is 3.25. The highest BCUT2D eigenvalue weighted by atomic mass is 19.4. The van der Waals surface area contributed by atoms with Gasteiger partial charge in [0.1, 0.15) is 6.04 Å². The number of primary amides is 1. The van der Waals surface area contributed by atoms with Crippen molar-refractivity contribution in [2.24, 2.45) is 5.73 Å². The molecule has 0 aliphatic carbocycles. The smallest absolute Gasteiger partial charge is 0.368 e. The van der Waals surface area contributed by atoms with Crippen LogP contribution in [-0.4, -0.2) is 17.9 Å². The summed E-state index contributed by atoms with van der Waals surface area (Å²) in [6.07, 6.45) is -4.50. The molecular formula is C23H19F3N2O2. The van der Waals surface area contributed by atoms with Crippen LogP contribution in [0.3, 0.4) is 0 Å². The number of benzene rings is 3. The highest BCUT2D eigenvalue weighted by Crippen LogP contribution is 2.30. The average Bonchev–Trinajstić information content (AvgIpc) is 2.74. The molecule has 0 aliphatic rings. The van der Waals surface area contributed by atoms with Crippen LogP contribution in [-0.2, 0) is 11.0 Å². The second-order valence-electron chi connectivity index (χ2n) is 6.73. The zero-order chi connectivity index (χ0) is 21.7. The van der Waals surface area contributed by atoms with Gasteiger partial charge in [0.25, 0.3) is 5.91 Å². The number of hydrogen-bond acceptors (Lipinski definition) is 2. The minimum atomic E-state index is -4.50. The molecule has 2 amide bonds. The molecule has 0 spiro atoms. The highest BCUT2D eigenvalue weighted by Gasteiger charge is 2.32. The van der Waals surface area contributed by atoms with Crippen molar-refractivity contribution in [2.45, 2.75) is 18.1 Å². The highest BCUT2D eigenvalue weighted by molar-refractivity contribution is 5.97. The lowest BCUT2D eigenvalue weighted by atomic mass is 9.84. The number of carbonyl (C=O) groups is 2. The molecule has 0 heterocycles. The van der Waals surface area contributed by atoms with Crippen LogP contribution < -0.4 is 11.1 Å². The number of nitrogens with two attached hydrogens (primary N) is 1. The molecule has 0 aliphatic heterocycles. The average molecular weight is 412 g/mol. The predicted molar refractivity (Wildman–Crippen MR) is 107 cm³/mol. The maximum absolute atomic E-state index is 12.8.